The normalized spacial score (nSPS) is 12.4. The molecule has 0 spiro atoms. The fourth-order valence-electron chi connectivity index (χ4n) is 3.51. The van der Waals surface area contributed by atoms with Crippen LogP contribution in [0, 0.1) is 13.8 Å². The molecule has 0 radical (unpaired) electrons. The molecule has 1 heterocycles. The van der Waals surface area contributed by atoms with Crippen molar-refractivity contribution in [2.24, 2.45) is 5.73 Å². The number of benzene rings is 1. The minimum absolute atomic E-state index is 0.468. The molecule has 6 heteroatoms. The number of hydrogen-bond donors (Lipinski definition) is 1. The summed E-state index contributed by atoms with van der Waals surface area (Å²) >= 11 is 0. The van der Waals surface area contributed by atoms with E-state index in [1.165, 1.54) is 22.8 Å². The number of hydrogen-bond acceptors (Lipinski definition) is 3. The van der Waals surface area contributed by atoms with Gasteiger partial charge in [-0.3, -0.25) is 0 Å². The lowest BCUT2D eigenvalue weighted by atomic mass is 10.2. The second kappa shape index (κ2) is 12.7. The van der Waals surface area contributed by atoms with Gasteiger partial charge in [-0.15, -0.1) is 0 Å². The van der Waals surface area contributed by atoms with E-state index in [4.69, 9.17) is 15.2 Å². The average Bonchev–Trinajstić information content (AvgIpc) is 3.02. The van der Waals surface area contributed by atoms with Crippen LogP contribution in [0.2, 0.25) is 0 Å². The minimum Gasteiger partial charge on any atom is -0.448 e. The Morgan fingerprint density at radius 1 is 1.09 bits per heavy atom. The molecule has 0 unspecified atom stereocenters. The summed E-state index contributed by atoms with van der Waals surface area (Å²) in [7, 11) is 0. The molecular formula is C26H38N4O2+2. The van der Waals surface area contributed by atoms with E-state index in [-0.39, 0.29) is 0 Å². The molecule has 0 aliphatic carbocycles. The van der Waals surface area contributed by atoms with Gasteiger partial charge in [0.2, 0.25) is 0 Å². The summed E-state index contributed by atoms with van der Waals surface area (Å²) in [5, 5.41) is 0. The quantitative estimate of drug-likeness (QED) is 0.171. The summed E-state index contributed by atoms with van der Waals surface area (Å²) in [4.78, 5) is 0. The molecule has 0 bridgehead atoms. The summed E-state index contributed by atoms with van der Waals surface area (Å²) in [6.45, 7) is 19.6. The highest BCUT2D eigenvalue weighted by Gasteiger charge is 2.26. The maximum Gasteiger partial charge on any atom is 0.329 e. The maximum atomic E-state index is 5.88. The van der Waals surface area contributed by atoms with Crippen LogP contribution in [0.5, 0.6) is 0 Å². The van der Waals surface area contributed by atoms with E-state index in [1.807, 2.05) is 36.6 Å². The largest absolute Gasteiger partial charge is 0.448 e. The number of imidazole rings is 1. The molecule has 2 N–H and O–H groups in total. The summed E-state index contributed by atoms with van der Waals surface area (Å²) < 4.78 is 18.1. The van der Waals surface area contributed by atoms with Gasteiger partial charge >= 0.3 is 6.40 Å². The average molecular weight is 439 g/mol. The van der Waals surface area contributed by atoms with E-state index >= 15 is 0 Å². The Morgan fingerprint density at radius 2 is 1.81 bits per heavy atom. The Bertz CT molecular complexity index is 967. The Labute approximate surface area is 192 Å². The van der Waals surface area contributed by atoms with Gasteiger partial charge in [-0.05, 0) is 25.1 Å². The fraction of sp³-hybridized carbons (Fsp3) is 0.385. The molecule has 6 nitrogen and oxygen atoms in total. The summed E-state index contributed by atoms with van der Waals surface area (Å²) in [5.74, 6) is 1.17. The summed E-state index contributed by atoms with van der Waals surface area (Å²) in [5.41, 5.74) is 11.2. The highest BCUT2D eigenvalue weighted by Crippen LogP contribution is 2.20. The third-order valence-corrected chi connectivity index (χ3v) is 5.52. The predicted molar refractivity (Wildman–Crippen MR) is 130 cm³/mol. The molecule has 2 rings (SSSR count). The third-order valence-electron chi connectivity index (χ3n) is 5.52. The minimum atomic E-state index is 0.468. The predicted octanol–water partition coefficient (Wildman–Crippen LogP) is 3.72. The lowest BCUT2D eigenvalue weighted by Crippen LogP contribution is -2.40. The molecule has 32 heavy (non-hydrogen) atoms. The van der Waals surface area contributed by atoms with Crippen LogP contribution in [0.3, 0.4) is 0 Å². The van der Waals surface area contributed by atoms with Crippen molar-refractivity contribution in [1.82, 2.24) is 4.57 Å². The summed E-state index contributed by atoms with van der Waals surface area (Å²) in [6.07, 6.45) is 5.43. The molecule has 2 aromatic rings. The SMILES string of the molecule is C=CCn1c(C)c(C)[n+](CCOCCOC=[N+](CC=C)/C(C)=C(/C)N)c1-c1ccccc1. The van der Waals surface area contributed by atoms with Crippen LogP contribution in [0.25, 0.3) is 11.4 Å². The molecule has 1 aromatic heterocycles. The van der Waals surface area contributed by atoms with Gasteiger partial charge < -0.3 is 15.2 Å². The number of nitrogens with two attached hydrogens (primary N) is 1. The number of allylic oxidation sites excluding steroid dienone is 3. The van der Waals surface area contributed by atoms with Gasteiger partial charge in [0.15, 0.2) is 12.2 Å². The van der Waals surface area contributed by atoms with Crippen molar-refractivity contribution in [1.29, 1.82) is 0 Å². The monoisotopic (exact) mass is 438 g/mol. The smallest absolute Gasteiger partial charge is 0.329 e. The molecule has 172 valence electrons. The number of rotatable bonds is 13. The van der Waals surface area contributed by atoms with Crippen molar-refractivity contribution in [3.05, 3.63) is 78.4 Å². The summed E-state index contributed by atoms with van der Waals surface area (Å²) in [6, 6.07) is 10.5. The lowest BCUT2D eigenvalue weighted by Gasteiger charge is -2.07. The first-order valence-electron chi connectivity index (χ1n) is 11.0. The van der Waals surface area contributed by atoms with E-state index in [1.54, 1.807) is 6.40 Å². The van der Waals surface area contributed by atoms with Gasteiger partial charge in [0, 0.05) is 20.8 Å². The van der Waals surface area contributed by atoms with E-state index < -0.39 is 0 Å². The zero-order valence-electron chi connectivity index (χ0n) is 20.0. The third kappa shape index (κ3) is 6.44. The Morgan fingerprint density at radius 3 is 2.44 bits per heavy atom. The van der Waals surface area contributed by atoms with Crippen LogP contribution in [-0.4, -0.2) is 41.9 Å². The van der Waals surface area contributed by atoms with Gasteiger partial charge in [0.1, 0.15) is 31.1 Å². The molecule has 0 saturated heterocycles. The molecule has 0 amide bonds. The molecule has 0 fully saturated rings. The zero-order valence-corrected chi connectivity index (χ0v) is 20.0. The molecular weight excluding hydrogens is 400 g/mol. The van der Waals surface area contributed by atoms with E-state index in [0.717, 1.165) is 24.5 Å². The van der Waals surface area contributed by atoms with Crippen LogP contribution < -0.4 is 10.3 Å². The van der Waals surface area contributed by atoms with Gasteiger partial charge in [-0.2, -0.15) is 4.58 Å². The van der Waals surface area contributed by atoms with Crippen molar-refractivity contribution in [2.45, 2.75) is 40.8 Å². The van der Waals surface area contributed by atoms with Crippen LogP contribution in [-0.2, 0) is 22.6 Å². The van der Waals surface area contributed by atoms with Crippen molar-refractivity contribution in [2.75, 3.05) is 26.4 Å². The highest BCUT2D eigenvalue weighted by molar-refractivity contribution is 5.53. The van der Waals surface area contributed by atoms with Crippen molar-refractivity contribution >= 4 is 6.40 Å². The fourth-order valence-corrected chi connectivity index (χ4v) is 3.51. The first-order valence-corrected chi connectivity index (χ1v) is 11.0. The second-order valence-corrected chi connectivity index (χ2v) is 7.71. The zero-order chi connectivity index (χ0) is 23.5. The van der Waals surface area contributed by atoms with Gasteiger partial charge in [-0.25, -0.2) is 9.13 Å². The molecule has 0 atom stereocenters. The van der Waals surface area contributed by atoms with E-state index in [9.17, 15) is 0 Å². The standard InChI is InChI=1S/C26H38N4O2/c1-7-14-28(22(4)21(3)27)20-32-19-18-31-17-16-30-24(6)23(5)29(15-8-2)26(30)25-12-10-9-11-13-25/h7-13,20H,1-2,14-19,27H2,3-6H3/q+2/b22-21-,28-20?. The maximum absolute atomic E-state index is 5.88. The van der Waals surface area contributed by atoms with Crippen molar-refractivity contribution < 1.29 is 18.6 Å². The molecule has 0 aliphatic heterocycles. The van der Waals surface area contributed by atoms with Crippen molar-refractivity contribution in [3.8, 4) is 11.4 Å². The lowest BCUT2D eigenvalue weighted by molar-refractivity contribution is -0.693. The van der Waals surface area contributed by atoms with Crippen LogP contribution in [0.1, 0.15) is 25.2 Å². The molecule has 0 saturated carbocycles. The van der Waals surface area contributed by atoms with E-state index in [2.05, 4.69) is 60.4 Å². The highest BCUT2D eigenvalue weighted by atomic mass is 16.5. The topological polar surface area (TPSA) is 56.3 Å². The number of aromatic nitrogens is 2. The second-order valence-electron chi connectivity index (χ2n) is 7.71. The Hall–Kier alpha value is -3.12. The molecule has 0 aliphatic rings. The van der Waals surface area contributed by atoms with Crippen LogP contribution in [0.4, 0.5) is 0 Å². The molecule has 1 aromatic carbocycles. The van der Waals surface area contributed by atoms with Crippen LogP contribution in [0.15, 0.2) is 67.0 Å². The van der Waals surface area contributed by atoms with Gasteiger partial charge in [0.05, 0.1) is 24.5 Å². The van der Waals surface area contributed by atoms with Crippen LogP contribution >= 0.6 is 0 Å². The van der Waals surface area contributed by atoms with Gasteiger partial charge in [0.25, 0.3) is 5.82 Å². The Kier molecular flexibility index (Phi) is 9.95. The Balaban J connectivity index is 1.99. The first-order chi connectivity index (χ1) is 15.4. The first kappa shape index (κ1) is 25.1. The van der Waals surface area contributed by atoms with Gasteiger partial charge in [-0.1, -0.05) is 37.4 Å². The van der Waals surface area contributed by atoms with Crippen molar-refractivity contribution in [3.63, 3.8) is 0 Å². The van der Waals surface area contributed by atoms with E-state index in [0.29, 0.717) is 26.4 Å². The number of ether oxygens (including phenoxy) is 2. The number of nitrogens with zero attached hydrogens (tertiary/aromatic N) is 3.